The lowest BCUT2D eigenvalue weighted by molar-refractivity contribution is -0.118. The monoisotopic (exact) mass is 480 g/mol. The minimum atomic E-state index is -0.554. The number of likely N-dealkylation sites (tertiary alicyclic amines) is 1. The molecule has 32 heavy (non-hydrogen) atoms. The van der Waals surface area contributed by atoms with Gasteiger partial charge in [-0.25, -0.2) is 9.37 Å². The van der Waals surface area contributed by atoms with Crippen LogP contribution in [0.4, 0.5) is 21.8 Å². The predicted octanol–water partition coefficient (Wildman–Crippen LogP) is 3.04. The molecule has 0 unspecified atom stereocenters. The van der Waals surface area contributed by atoms with Crippen LogP contribution in [-0.2, 0) is 4.79 Å². The van der Waals surface area contributed by atoms with Gasteiger partial charge in [0.15, 0.2) is 5.82 Å². The molecule has 0 bridgehead atoms. The Labute approximate surface area is 198 Å². The molecular formula is C21H26ClFN6O2S. The predicted molar refractivity (Wildman–Crippen MR) is 128 cm³/mol. The molecule has 0 saturated carbocycles. The van der Waals surface area contributed by atoms with E-state index in [1.807, 2.05) is 32.7 Å². The summed E-state index contributed by atoms with van der Waals surface area (Å²) in [5.41, 5.74) is 1.64. The summed E-state index contributed by atoms with van der Waals surface area (Å²) in [6.45, 7) is 6.74. The first-order valence-corrected chi connectivity index (χ1v) is 10.5. The van der Waals surface area contributed by atoms with Crippen LogP contribution in [0.3, 0.4) is 0 Å². The summed E-state index contributed by atoms with van der Waals surface area (Å²) in [5.74, 6) is 0.416. The molecule has 1 aromatic carbocycles. The molecule has 11 heteroatoms. The molecule has 2 aromatic rings. The third-order valence-electron chi connectivity index (χ3n) is 5.64. The molecule has 2 amide bonds. The number of halogens is 2. The number of rotatable bonds is 4. The Morgan fingerprint density at radius 3 is 2.62 bits per heavy atom. The number of benzene rings is 1. The first-order chi connectivity index (χ1) is 14.7. The highest BCUT2D eigenvalue weighted by Gasteiger charge is 2.36. The van der Waals surface area contributed by atoms with E-state index in [4.69, 9.17) is 11.6 Å². The fourth-order valence-corrected chi connectivity index (χ4v) is 4.19. The van der Waals surface area contributed by atoms with E-state index < -0.39 is 5.82 Å². The van der Waals surface area contributed by atoms with Crippen molar-refractivity contribution in [3.63, 3.8) is 0 Å². The van der Waals surface area contributed by atoms with Crippen molar-refractivity contribution in [2.24, 2.45) is 5.92 Å². The molecule has 0 spiro atoms. The molecule has 1 saturated heterocycles. The molecule has 4 rings (SSSR count). The molecule has 2 N–H and O–H groups in total. The molecule has 1 atom stereocenters. The number of anilines is 3. The van der Waals surface area contributed by atoms with Gasteiger partial charge in [0.25, 0.3) is 5.91 Å². The molecule has 172 valence electrons. The number of carbonyl (C=O) groups excluding carboxylic acids is 2. The van der Waals surface area contributed by atoms with Crippen LogP contribution < -0.4 is 15.5 Å². The third kappa shape index (κ3) is 4.33. The Kier molecular flexibility index (Phi) is 6.85. The molecule has 1 aromatic heterocycles. The molecular weight excluding hydrogens is 455 g/mol. The van der Waals surface area contributed by atoms with Crippen molar-refractivity contribution in [2.45, 2.75) is 32.9 Å². The van der Waals surface area contributed by atoms with Crippen molar-refractivity contribution in [3.05, 3.63) is 40.3 Å². The zero-order chi connectivity index (χ0) is 22.4. The number of hydrogen-bond acceptors (Lipinski definition) is 6. The maximum absolute atomic E-state index is 13.3. The number of likely N-dealkylation sites (N-methyl/N-ethyl adjacent to an activating group) is 1. The Bertz CT molecular complexity index is 1060. The van der Waals surface area contributed by atoms with Gasteiger partial charge in [0.1, 0.15) is 17.5 Å². The van der Waals surface area contributed by atoms with Crippen LogP contribution in [0.2, 0.25) is 5.02 Å². The van der Waals surface area contributed by atoms with Crippen LogP contribution in [-0.4, -0.2) is 58.9 Å². The number of hydrogen-bond donors (Lipinski definition) is 2. The summed E-state index contributed by atoms with van der Waals surface area (Å²) >= 11 is 5.78. The minimum absolute atomic E-state index is 0. The van der Waals surface area contributed by atoms with E-state index in [9.17, 15) is 14.0 Å². The molecule has 1 fully saturated rings. The van der Waals surface area contributed by atoms with Crippen molar-refractivity contribution in [1.29, 1.82) is 0 Å². The molecule has 8 nitrogen and oxygen atoms in total. The van der Waals surface area contributed by atoms with Gasteiger partial charge in [-0.05, 0) is 31.0 Å². The van der Waals surface area contributed by atoms with Crippen LogP contribution in [0.15, 0.2) is 18.2 Å². The van der Waals surface area contributed by atoms with Gasteiger partial charge in [0.2, 0.25) is 11.9 Å². The van der Waals surface area contributed by atoms with E-state index in [0.717, 1.165) is 0 Å². The quantitative estimate of drug-likeness (QED) is 0.699. The highest BCUT2D eigenvalue weighted by molar-refractivity contribution is 7.59. The van der Waals surface area contributed by atoms with Gasteiger partial charge in [0.05, 0.1) is 16.8 Å². The van der Waals surface area contributed by atoms with Crippen LogP contribution >= 0.6 is 25.1 Å². The van der Waals surface area contributed by atoms with Gasteiger partial charge >= 0.3 is 0 Å². The molecule has 3 heterocycles. The van der Waals surface area contributed by atoms with Crippen LogP contribution in [0, 0.1) is 18.7 Å². The van der Waals surface area contributed by atoms with Crippen molar-refractivity contribution in [2.75, 3.05) is 35.7 Å². The Morgan fingerprint density at radius 2 is 2.00 bits per heavy atom. The topological polar surface area (TPSA) is 90.5 Å². The van der Waals surface area contributed by atoms with Gasteiger partial charge < -0.3 is 20.4 Å². The van der Waals surface area contributed by atoms with E-state index in [1.54, 1.807) is 4.90 Å². The summed E-state index contributed by atoms with van der Waals surface area (Å²) in [7, 11) is 1.86. The summed E-state index contributed by atoms with van der Waals surface area (Å²) in [5, 5.41) is 6.11. The van der Waals surface area contributed by atoms with Crippen molar-refractivity contribution in [3.8, 4) is 0 Å². The van der Waals surface area contributed by atoms with E-state index in [-0.39, 0.29) is 48.3 Å². The number of aryl methyl sites for hydroxylation is 1. The highest BCUT2D eigenvalue weighted by atomic mass is 35.5. The second-order valence-corrected chi connectivity index (χ2v) is 8.71. The van der Waals surface area contributed by atoms with Gasteiger partial charge in [-0.2, -0.15) is 18.5 Å². The number of aromatic nitrogens is 2. The number of nitrogens with one attached hydrogen (secondary N) is 2. The van der Waals surface area contributed by atoms with Gasteiger partial charge in [0, 0.05) is 25.7 Å². The standard InChI is InChI=1S/C21H24ClFN6O2.H2S/c1-10(2)17-19(30)26-16-11(3)24-21(27-18(16)28(17)4)25-13-8-29(9-13)20(31)12-5-6-15(23)14(22)7-12;/h5-7,10,13,17H,8-9H2,1-4H3,(H,26,30)(H,24,25,27);1H2/t17-;/m0./s1. The summed E-state index contributed by atoms with van der Waals surface area (Å²) in [4.78, 5) is 37.6. The zero-order valence-electron chi connectivity index (χ0n) is 18.2. The van der Waals surface area contributed by atoms with Crippen molar-refractivity contribution in [1.82, 2.24) is 14.9 Å². The molecule has 2 aliphatic rings. The van der Waals surface area contributed by atoms with Crippen molar-refractivity contribution < 1.29 is 14.0 Å². The van der Waals surface area contributed by atoms with Gasteiger partial charge in [-0.1, -0.05) is 25.4 Å². The summed E-state index contributed by atoms with van der Waals surface area (Å²) in [6, 6.07) is 3.63. The number of fused-ring (bicyclic) bond motifs is 1. The lowest BCUT2D eigenvalue weighted by Gasteiger charge is -2.40. The van der Waals surface area contributed by atoms with Gasteiger partial charge in [-0.3, -0.25) is 9.59 Å². The lowest BCUT2D eigenvalue weighted by Crippen LogP contribution is -2.57. The number of amides is 2. The summed E-state index contributed by atoms with van der Waals surface area (Å²) in [6.07, 6.45) is 0. The SMILES string of the molecule is Cc1nc(NC2CN(C(=O)c3ccc(F)c(Cl)c3)C2)nc2c1NC(=O)[C@H](C(C)C)N2C.S. The van der Waals surface area contributed by atoms with Gasteiger partial charge in [-0.15, -0.1) is 0 Å². The smallest absolute Gasteiger partial charge is 0.254 e. The second-order valence-electron chi connectivity index (χ2n) is 8.30. The van der Waals surface area contributed by atoms with Crippen LogP contribution in [0.5, 0.6) is 0 Å². The number of nitrogens with zero attached hydrogens (tertiary/aromatic N) is 4. The molecule has 2 aliphatic heterocycles. The zero-order valence-corrected chi connectivity index (χ0v) is 20.0. The fraction of sp³-hybridized carbons (Fsp3) is 0.429. The average molecular weight is 481 g/mol. The highest BCUT2D eigenvalue weighted by Crippen LogP contribution is 2.34. The maximum Gasteiger partial charge on any atom is 0.254 e. The number of carbonyl (C=O) groups is 2. The second kappa shape index (κ2) is 9.11. The minimum Gasteiger partial charge on any atom is -0.348 e. The van der Waals surface area contributed by atoms with Crippen LogP contribution in [0.25, 0.3) is 0 Å². The maximum atomic E-state index is 13.3. The Hall–Kier alpha value is -2.59. The lowest BCUT2D eigenvalue weighted by atomic mass is 9.99. The first kappa shape index (κ1) is 24.1. The van der Waals surface area contributed by atoms with Crippen molar-refractivity contribution >= 4 is 54.4 Å². The van der Waals surface area contributed by atoms with E-state index in [0.29, 0.717) is 41.8 Å². The third-order valence-corrected chi connectivity index (χ3v) is 5.93. The fourth-order valence-electron chi connectivity index (χ4n) is 4.01. The van der Waals surface area contributed by atoms with E-state index in [2.05, 4.69) is 20.6 Å². The van der Waals surface area contributed by atoms with E-state index >= 15 is 0 Å². The molecule has 0 radical (unpaired) electrons. The average Bonchev–Trinajstić information content (AvgIpc) is 2.67. The van der Waals surface area contributed by atoms with Crippen LogP contribution in [0.1, 0.15) is 29.9 Å². The molecule has 0 aliphatic carbocycles. The largest absolute Gasteiger partial charge is 0.348 e. The normalized spacial score (nSPS) is 18.0. The first-order valence-electron chi connectivity index (χ1n) is 10.1. The Morgan fingerprint density at radius 1 is 1.31 bits per heavy atom. The Balaban J connectivity index is 0.00000289. The summed E-state index contributed by atoms with van der Waals surface area (Å²) < 4.78 is 13.3. The van der Waals surface area contributed by atoms with E-state index in [1.165, 1.54) is 18.2 Å².